The summed E-state index contributed by atoms with van der Waals surface area (Å²) < 4.78 is 5.13. The molecule has 1 aromatic carbocycles. The Bertz CT molecular complexity index is 285. The van der Waals surface area contributed by atoms with Crippen LogP contribution in [0.25, 0.3) is 0 Å². The van der Waals surface area contributed by atoms with Crippen molar-refractivity contribution in [2.24, 2.45) is 0 Å². The molecule has 2 rings (SSSR count). The highest BCUT2D eigenvalue weighted by atomic mass is 16.6. The highest BCUT2D eigenvalue weighted by Gasteiger charge is 2.22. The van der Waals surface area contributed by atoms with Crippen molar-refractivity contribution in [1.29, 1.82) is 0 Å². The van der Waals surface area contributed by atoms with Gasteiger partial charge in [0.05, 0.1) is 12.7 Å². The molecular formula is C11H12O2. The SMILES string of the molecule is O=CCc1ccc(CC2CO2)cc1. The maximum Gasteiger partial charge on any atom is 0.124 e. The predicted molar refractivity (Wildman–Crippen MR) is 49.7 cm³/mol. The van der Waals surface area contributed by atoms with Crippen LogP contribution < -0.4 is 0 Å². The van der Waals surface area contributed by atoms with Crippen LogP contribution in [-0.2, 0) is 22.4 Å². The number of epoxide rings is 1. The van der Waals surface area contributed by atoms with Gasteiger partial charge < -0.3 is 9.53 Å². The number of ether oxygens (including phenoxy) is 1. The van der Waals surface area contributed by atoms with Gasteiger partial charge in [-0.3, -0.25) is 0 Å². The molecule has 0 aliphatic carbocycles. The van der Waals surface area contributed by atoms with Gasteiger partial charge in [-0.25, -0.2) is 0 Å². The molecule has 0 spiro atoms. The standard InChI is InChI=1S/C11H12O2/c12-6-5-9-1-3-10(4-2-9)7-11-8-13-11/h1-4,6,11H,5,7-8H2. The van der Waals surface area contributed by atoms with Crippen LogP contribution in [-0.4, -0.2) is 19.0 Å². The molecular weight excluding hydrogens is 164 g/mol. The molecule has 2 nitrogen and oxygen atoms in total. The first kappa shape index (κ1) is 8.45. The molecule has 1 fully saturated rings. The Morgan fingerprint density at radius 3 is 2.46 bits per heavy atom. The zero-order valence-corrected chi connectivity index (χ0v) is 7.40. The van der Waals surface area contributed by atoms with E-state index in [0.29, 0.717) is 12.5 Å². The fourth-order valence-corrected chi connectivity index (χ4v) is 1.36. The molecule has 1 saturated heterocycles. The first-order chi connectivity index (χ1) is 6.38. The minimum absolute atomic E-state index is 0.442. The first-order valence-electron chi connectivity index (χ1n) is 4.51. The van der Waals surface area contributed by atoms with Gasteiger partial charge in [-0.15, -0.1) is 0 Å². The molecule has 2 heteroatoms. The second-order valence-electron chi connectivity index (χ2n) is 3.35. The number of aldehydes is 1. The van der Waals surface area contributed by atoms with Crippen molar-refractivity contribution in [1.82, 2.24) is 0 Å². The van der Waals surface area contributed by atoms with E-state index in [2.05, 4.69) is 12.1 Å². The summed E-state index contributed by atoms with van der Waals surface area (Å²) in [5.74, 6) is 0. The van der Waals surface area contributed by atoms with Gasteiger partial charge in [0, 0.05) is 12.8 Å². The van der Waals surface area contributed by atoms with Crippen molar-refractivity contribution in [3.63, 3.8) is 0 Å². The summed E-state index contributed by atoms with van der Waals surface area (Å²) in [6, 6.07) is 8.15. The van der Waals surface area contributed by atoms with Crippen LogP contribution in [0.5, 0.6) is 0 Å². The lowest BCUT2D eigenvalue weighted by molar-refractivity contribution is -0.107. The van der Waals surface area contributed by atoms with Crippen LogP contribution in [0.3, 0.4) is 0 Å². The van der Waals surface area contributed by atoms with E-state index in [1.165, 1.54) is 5.56 Å². The van der Waals surface area contributed by atoms with E-state index >= 15 is 0 Å². The van der Waals surface area contributed by atoms with Crippen LogP contribution in [0.2, 0.25) is 0 Å². The Morgan fingerprint density at radius 2 is 1.92 bits per heavy atom. The summed E-state index contributed by atoms with van der Waals surface area (Å²) in [6.07, 6.45) is 2.89. The smallest absolute Gasteiger partial charge is 0.124 e. The zero-order chi connectivity index (χ0) is 9.10. The number of rotatable bonds is 4. The largest absolute Gasteiger partial charge is 0.373 e. The Kier molecular flexibility index (Phi) is 2.41. The van der Waals surface area contributed by atoms with Crippen molar-refractivity contribution < 1.29 is 9.53 Å². The summed E-state index contributed by atoms with van der Waals surface area (Å²) in [6.45, 7) is 0.899. The van der Waals surface area contributed by atoms with E-state index in [4.69, 9.17) is 4.74 Å². The third-order valence-electron chi connectivity index (χ3n) is 2.21. The topological polar surface area (TPSA) is 29.6 Å². The molecule has 1 aliphatic heterocycles. The maximum atomic E-state index is 10.2. The molecule has 1 unspecified atom stereocenters. The van der Waals surface area contributed by atoms with Crippen LogP contribution in [0, 0.1) is 0 Å². The van der Waals surface area contributed by atoms with Crippen LogP contribution >= 0.6 is 0 Å². The number of hydrogen-bond acceptors (Lipinski definition) is 2. The molecule has 0 N–H and O–H groups in total. The predicted octanol–water partition coefficient (Wildman–Crippen LogP) is 1.37. The summed E-state index contributed by atoms with van der Waals surface area (Å²) in [4.78, 5) is 10.2. The summed E-state index contributed by atoms with van der Waals surface area (Å²) >= 11 is 0. The van der Waals surface area contributed by atoms with E-state index in [9.17, 15) is 4.79 Å². The second-order valence-corrected chi connectivity index (χ2v) is 3.35. The lowest BCUT2D eigenvalue weighted by Gasteiger charge is -1.99. The average molecular weight is 176 g/mol. The highest BCUT2D eigenvalue weighted by molar-refractivity contribution is 5.54. The quantitative estimate of drug-likeness (QED) is 0.512. The summed E-state index contributed by atoms with van der Waals surface area (Å²) in [5, 5.41) is 0. The molecule has 0 saturated carbocycles. The van der Waals surface area contributed by atoms with Crippen LogP contribution in [0.1, 0.15) is 11.1 Å². The normalized spacial score (nSPS) is 19.8. The van der Waals surface area contributed by atoms with E-state index < -0.39 is 0 Å². The van der Waals surface area contributed by atoms with Gasteiger partial charge in [0.15, 0.2) is 0 Å². The monoisotopic (exact) mass is 176 g/mol. The van der Waals surface area contributed by atoms with Crippen molar-refractivity contribution in [3.8, 4) is 0 Å². The number of hydrogen-bond donors (Lipinski definition) is 0. The third kappa shape index (κ3) is 2.39. The molecule has 0 aromatic heterocycles. The fourth-order valence-electron chi connectivity index (χ4n) is 1.36. The van der Waals surface area contributed by atoms with Gasteiger partial charge in [0.1, 0.15) is 6.29 Å². The van der Waals surface area contributed by atoms with Gasteiger partial charge in [0.25, 0.3) is 0 Å². The van der Waals surface area contributed by atoms with E-state index in [-0.39, 0.29) is 0 Å². The minimum atomic E-state index is 0.442. The third-order valence-corrected chi connectivity index (χ3v) is 2.21. The van der Waals surface area contributed by atoms with E-state index in [1.807, 2.05) is 12.1 Å². The summed E-state index contributed by atoms with van der Waals surface area (Å²) in [7, 11) is 0. The maximum absolute atomic E-state index is 10.2. The number of carbonyl (C=O) groups is 1. The summed E-state index contributed by atoms with van der Waals surface area (Å²) in [5.41, 5.74) is 2.37. The number of carbonyl (C=O) groups excluding carboxylic acids is 1. The van der Waals surface area contributed by atoms with Crippen molar-refractivity contribution in [3.05, 3.63) is 35.4 Å². The molecule has 0 bridgehead atoms. The van der Waals surface area contributed by atoms with Gasteiger partial charge in [-0.1, -0.05) is 24.3 Å². The highest BCUT2D eigenvalue weighted by Crippen LogP contribution is 2.16. The Labute approximate surface area is 77.5 Å². The molecule has 1 aliphatic rings. The Morgan fingerprint density at radius 1 is 1.31 bits per heavy atom. The molecule has 0 radical (unpaired) electrons. The average Bonchev–Trinajstić information content (AvgIpc) is 2.93. The second kappa shape index (κ2) is 3.71. The Hall–Kier alpha value is -1.15. The van der Waals surface area contributed by atoms with Crippen molar-refractivity contribution in [2.75, 3.05) is 6.61 Å². The molecule has 1 aromatic rings. The minimum Gasteiger partial charge on any atom is -0.373 e. The molecule has 0 amide bonds. The van der Waals surface area contributed by atoms with Crippen LogP contribution in [0.15, 0.2) is 24.3 Å². The molecule has 68 valence electrons. The Balaban J connectivity index is 1.99. The zero-order valence-electron chi connectivity index (χ0n) is 7.40. The fraction of sp³-hybridized carbons (Fsp3) is 0.364. The molecule has 13 heavy (non-hydrogen) atoms. The lowest BCUT2D eigenvalue weighted by atomic mass is 10.1. The molecule has 1 heterocycles. The van der Waals surface area contributed by atoms with E-state index in [1.54, 1.807) is 0 Å². The molecule has 1 atom stereocenters. The van der Waals surface area contributed by atoms with Gasteiger partial charge >= 0.3 is 0 Å². The van der Waals surface area contributed by atoms with Crippen molar-refractivity contribution in [2.45, 2.75) is 18.9 Å². The van der Waals surface area contributed by atoms with Gasteiger partial charge in [0.2, 0.25) is 0 Å². The van der Waals surface area contributed by atoms with Gasteiger partial charge in [-0.05, 0) is 11.1 Å². The first-order valence-corrected chi connectivity index (χ1v) is 4.51. The van der Waals surface area contributed by atoms with Crippen molar-refractivity contribution >= 4 is 6.29 Å². The van der Waals surface area contributed by atoms with Gasteiger partial charge in [-0.2, -0.15) is 0 Å². The number of benzene rings is 1. The van der Waals surface area contributed by atoms with E-state index in [0.717, 1.165) is 24.9 Å². The lowest BCUT2D eigenvalue weighted by Crippen LogP contribution is -1.93. The van der Waals surface area contributed by atoms with Crippen LogP contribution in [0.4, 0.5) is 0 Å².